The van der Waals surface area contributed by atoms with E-state index < -0.39 is 0 Å². The summed E-state index contributed by atoms with van der Waals surface area (Å²) in [5.41, 5.74) is 4.64. The van der Waals surface area contributed by atoms with E-state index in [1.807, 2.05) is 37.3 Å². The first kappa shape index (κ1) is 20.6. The number of nitrogens with one attached hydrogen (secondary N) is 1. The summed E-state index contributed by atoms with van der Waals surface area (Å²) in [6.45, 7) is 3.30. The van der Waals surface area contributed by atoms with Crippen molar-refractivity contribution in [3.63, 3.8) is 0 Å². The van der Waals surface area contributed by atoms with Crippen molar-refractivity contribution in [2.24, 2.45) is 0 Å². The van der Waals surface area contributed by atoms with Gasteiger partial charge >= 0.3 is 0 Å². The molecular formula is C24H27FN2O4. The van der Waals surface area contributed by atoms with Gasteiger partial charge in [-0.05, 0) is 37.8 Å². The van der Waals surface area contributed by atoms with Gasteiger partial charge in [0.1, 0.15) is 17.9 Å². The van der Waals surface area contributed by atoms with Crippen LogP contribution in [0.4, 0.5) is 4.39 Å². The van der Waals surface area contributed by atoms with Gasteiger partial charge in [-0.15, -0.1) is 0 Å². The third-order valence-corrected chi connectivity index (χ3v) is 6.56. The maximum absolute atomic E-state index is 14.3. The number of halogens is 1. The van der Waals surface area contributed by atoms with Crippen LogP contribution in [-0.4, -0.2) is 58.3 Å². The van der Waals surface area contributed by atoms with Crippen LogP contribution in [0.1, 0.15) is 30.5 Å². The monoisotopic (exact) mass is 426 g/mol. The molecule has 4 heterocycles. The predicted octanol–water partition coefficient (Wildman–Crippen LogP) is 3.24. The second-order valence-electron chi connectivity index (χ2n) is 8.78. The lowest BCUT2D eigenvalue weighted by Crippen LogP contribution is -2.26. The smallest absolute Gasteiger partial charge is 0.151 e. The molecule has 0 radical (unpaired) electrons. The minimum absolute atomic E-state index is 0.0231. The van der Waals surface area contributed by atoms with Crippen molar-refractivity contribution in [3.8, 4) is 11.3 Å². The molecule has 1 aliphatic carbocycles. The van der Waals surface area contributed by atoms with Crippen LogP contribution in [0, 0.1) is 12.7 Å². The molecule has 31 heavy (non-hydrogen) atoms. The molecule has 1 aromatic carbocycles. The molecule has 164 valence electrons. The van der Waals surface area contributed by atoms with E-state index in [1.54, 1.807) is 0 Å². The quantitative estimate of drug-likeness (QED) is 0.599. The van der Waals surface area contributed by atoms with Crippen LogP contribution in [0.2, 0.25) is 0 Å². The Labute approximate surface area is 180 Å². The van der Waals surface area contributed by atoms with Gasteiger partial charge in [-0.2, -0.15) is 0 Å². The van der Waals surface area contributed by atoms with Crippen molar-refractivity contribution in [2.75, 3.05) is 19.8 Å². The lowest BCUT2D eigenvalue weighted by Gasteiger charge is -2.12. The number of aryl methyl sites for hydroxylation is 1. The van der Waals surface area contributed by atoms with E-state index >= 15 is 0 Å². The fourth-order valence-electron chi connectivity index (χ4n) is 4.49. The van der Waals surface area contributed by atoms with Gasteiger partial charge in [0.15, 0.2) is 5.82 Å². The molecule has 3 fully saturated rings. The van der Waals surface area contributed by atoms with Crippen molar-refractivity contribution in [1.82, 2.24) is 9.97 Å². The number of aromatic amines is 1. The zero-order valence-corrected chi connectivity index (χ0v) is 17.5. The average molecular weight is 426 g/mol. The van der Waals surface area contributed by atoms with Gasteiger partial charge in [0.25, 0.3) is 0 Å². The number of ether oxygens (including phenoxy) is 2. The highest BCUT2D eigenvalue weighted by atomic mass is 19.1. The number of aromatic nitrogens is 2. The first-order valence-electron chi connectivity index (χ1n) is 10.8. The number of H-pyrrole nitrogens is 1. The molecule has 3 atom stereocenters. The zero-order valence-electron chi connectivity index (χ0n) is 17.5. The summed E-state index contributed by atoms with van der Waals surface area (Å²) in [5.74, 6) is -0.328. The Morgan fingerprint density at radius 1 is 1.19 bits per heavy atom. The highest BCUT2D eigenvalue weighted by molar-refractivity contribution is 5.80. The van der Waals surface area contributed by atoms with Crippen LogP contribution in [0.3, 0.4) is 0 Å². The second kappa shape index (κ2) is 7.98. The number of pyridine rings is 1. The van der Waals surface area contributed by atoms with Gasteiger partial charge < -0.3 is 24.7 Å². The number of rotatable bonds is 3. The molecule has 6 nitrogen and oxygen atoms in total. The van der Waals surface area contributed by atoms with Crippen molar-refractivity contribution < 1.29 is 24.1 Å². The lowest BCUT2D eigenvalue weighted by molar-refractivity contribution is 0.0187. The van der Waals surface area contributed by atoms with Gasteiger partial charge in [-0.1, -0.05) is 24.3 Å². The highest BCUT2D eigenvalue weighted by Crippen LogP contribution is 2.47. The third-order valence-electron chi connectivity index (χ3n) is 6.56. The number of aliphatic hydroxyl groups excluding tert-OH is 2. The molecule has 2 aliphatic heterocycles. The topological polar surface area (TPSA) is 87.6 Å². The maximum atomic E-state index is 14.3. The van der Waals surface area contributed by atoms with E-state index in [9.17, 15) is 9.50 Å². The number of fused-ring (bicyclic) bond motifs is 2. The molecule has 3 aromatic rings. The molecule has 0 bridgehead atoms. The molecule has 0 amide bonds. The largest absolute Gasteiger partial charge is 0.395 e. The van der Waals surface area contributed by atoms with Crippen LogP contribution < -0.4 is 0 Å². The minimum atomic E-state index is -0.377. The molecule has 1 saturated carbocycles. The Morgan fingerprint density at radius 2 is 1.97 bits per heavy atom. The van der Waals surface area contributed by atoms with E-state index in [4.69, 9.17) is 14.6 Å². The Bertz CT molecular complexity index is 1080. The average Bonchev–Trinajstić information content (AvgIpc) is 3.07. The van der Waals surface area contributed by atoms with Crippen LogP contribution in [0.5, 0.6) is 0 Å². The first-order valence-corrected chi connectivity index (χ1v) is 10.8. The van der Waals surface area contributed by atoms with Crippen LogP contribution in [0.25, 0.3) is 22.3 Å². The summed E-state index contributed by atoms with van der Waals surface area (Å²) in [7, 11) is 0. The van der Waals surface area contributed by atoms with Crippen molar-refractivity contribution in [2.45, 2.75) is 49.9 Å². The zero-order chi connectivity index (χ0) is 21.6. The summed E-state index contributed by atoms with van der Waals surface area (Å²) < 4.78 is 24.7. The van der Waals surface area contributed by atoms with Crippen molar-refractivity contribution in [1.29, 1.82) is 0 Å². The van der Waals surface area contributed by atoms with E-state index in [2.05, 4.69) is 9.97 Å². The SMILES string of the molecule is Cc1cc2nc(-c3ccc(C4(CO)CC4)cc3)c(F)cc2[nH]1.OC1CO[C@@H]2CCO[C@H]12. The predicted molar refractivity (Wildman–Crippen MR) is 114 cm³/mol. The normalized spacial score (nSPS) is 25.9. The summed E-state index contributed by atoms with van der Waals surface area (Å²) in [6.07, 6.45) is 2.76. The molecule has 1 unspecified atom stereocenters. The Morgan fingerprint density at radius 3 is 2.65 bits per heavy atom. The second-order valence-corrected chi connectivity index (χ2v) is 8.78. The number of aliphatic hydroxyl groups is 2. The van der Waals surface area contributed by atoms with E-state index in [-0.39, 0.29) is 36.2 Å². The highest BCUT2D eigenvalue weighted by Gasteiger charge is 2.43. The molecule has 6 rings (SSSR count). The minimum Gasteiger partial charge on any atom is -0.395 e. The molecule has 7 heteroatoms. The van der Waals surface area contributed by atoms with E-state index in [0.29, 0.717) is 17.8 Å². The van der Waals surface area contributed by atoms with Crippen molar-refractivity contribution in [3.05, 3.63) is 53.5 Å². The Balaban J connectivity index is 0.000000189. The van der Waals surface area contributed by atoms with Crippen LogP contribution in [0.15, 0.2) is 36.4 Å². The standard InChI is InChI=1S/C18H17FN2O.C6H10O3/c1-11-8-15-16(20-11)9-14(19)17(21-15)12-2-4-13(5-3-12)18(10-22)6-7-18;7-4-3-9-5-1-2-8-6(4)5/h2-5,8-9,20,22H,6-7,10H2,1H3;4-7H,1-3H2/t;4?,5-,6-/m.1/s1. The number of hydrogen-bond acceptors (Lipinski definition) is 5. The van der Waals surface area contributed by atoms with Gasteiger partial charge in [0, 0.05) is 29.3 Å². The summed E-state index contributed by atoms with van der Waals surface area (Å²) in [4.78, 5) is 7.53. The maximum Gasteiger partial charge on any atom is 0.151 e. The summed E-state index contributed by atoms with van der Waals surface area (Å²) >= 11 is 0. The third kappa shape index (κ3) is 3.87. The van der Waals surface area contributed by atoms with E-state index in [0.717, 1.165) is 48.2 Å². The van der Waals surface area contributed by atoms with Gasteiger partial charge in [-0.3, -0.25) is 0 Å². The van der Waals surface area contributed by atoms with Crippen LogP contribution in [-0.2, 0) is 14.9 Å². The van der Waals surface area contributed by atoms with E-state index in [1.165, 1.54) is 6.07 Å². The molecule has 3 aliphatic rings. The molecule has 2 aromatic heterocycles. The number of hydrogen-bond donors (Lipinski definition) is 3. The molecule has 0 spiro atoms. The summed E-state index contributed by atoms with van der Waals surface area (Å²) in [5, 5.41) is 18.6. The summed E-state index contributed by atoms with van der Waals surface area (Å²) in [6, 6.07) is 11.1. The Kier molecular flexibility index (Phi) is 5.30. The van der Waals surface area contributed by atoms with Gasteiger partial charge in [-0.25, -0.2) is 9.37 Å². The molecule has 3 N–H and O–H groups in total. The molecule has 2 saturated heterocycles. The number of benzene rings is 1. The number of nitrogens with zero attached hydrogens (tertiary/aromatic N) is 1. The van der Waals surface area contributed by atoms with Gasteiger partial charge in [0.05, 0.1) is 30.4 Å². The van der Waals surface area contributed by atoms with Crippen molar-refractivity contribution >= 4 is 11.0 Å². The van der Waals surface area contributed by atoms with Crippen LogP contribution >= 0.6 is 0 Å². The lowest BCUT2D eigenvalue weighted by atomic mass is 9.95. The first-order chi connectivity index (χ1) is 15.0. The van der Waals surface area contributed by atoms with Gasteiger partial charge in [0.2, 0.25) is 0 Å². The Hall–Kier alpha value is -2.32. The molecular weight excluding hydrogens is 399 g/mol. The fraction of sp³-hybridized carbons (Fsp3) is 0.458. The fourth-order valence-corrected chi connectivity index (χ4v) is 4.49.